The van der Waals surface area contributed by atoms with Crippen LogP contribution in [0.5, 0.6) is 5.75 Å². The molecule has 0 unspecified atom stereocenters. The predicted molar refractivity (Wildman–Crippen MR) is 86.4 cm³/mol. The minimum atomic E-state index is -0.482. The molecule has 1 heterocycles. The summed E-state index contributed by atoms with van der Waals surface area (Å²) in [5.74, 6) is 0.306. The third kappa shape index (κ3) is 3.04. The number of hydrogen-bond acceptors (Lipinski definition) is 6. The van der Waals surface area contributed by atoms with Crippen LogP contribution in [0.4, 0.5) is 5.82 Å². The van der Waals surface area contributed by atoms with Gasteiger partial charge in [0.25, 0.3) is 0 Å². The number of carbonyl (C=O) groups is 1. The molecule has 8 heteroatoms. The lowest BCUT2D eigenvalue weighted by Crippen LogP contribution is -2.08. The summed E-state index contributed by atoms with van der Waals surface area (Å²) in [6.07, 6.45) is 0. The van der Waals surface area contributed by atoms with Gasteiger partial charge in [0.15, 0.2) is 8.83 Å². The molecule has 2 N–H and O–H groups in total. The van der Waals surface area contributed by atoms with Gasteiger partial charge in [0.05, 0.1) is 24.4 Å². The van der Waals surface area contributed by atoms with Crippen molar-refractivity contribution < 1.29 is 14.3 Å². The molecular weight excluding hydrogens is 332 g/mol. The number of nitrogens with two attached hydrogens (primary N) is 1. The number of nitrogen functional groups attached to an aromatic ring is 1. The molecule has 5 nitrogen and oxygen atoms in total. The quantitative estimate of drug-likeness (QED) is 0.676. The largest absolute Gasteiger partial charge is 0.495 e. The summed E-state index contributed by atoms with van der Waals surface area (Å²) in [6.45, 7) is 2.00. The van der Waals surface area contributed by atoms with Crippen LogP contribution in [0.15, 0.2) is 18.2 Å². The van der Waals surface area contributed by atoms with Gasteiger partial charge in [-0.15, -0.1) is 0 Å². The number of methoxy groups -OCH3 is 1. The Morgan fingerprint density at radius 2 is 2.24 bits per heavy atom. The molecular formula is C13H13ClN2O3S2. The molecule has 0 bridgehead atoms. The van der Waals surface area contributed by atoms with Gasteiger partial charge in [-0.1, -0.05) is 22.9 Å². The van der Waals surface area contributed by atoms with Gasteiger partial charge in [0, 0.05) is 0 Å². The number of rotatable bonds is 4. The molecule has 1 aromatic carbocycles. The fourth-order valence-corrected chi connectivity index (χ4v) is 3.28. The van der Waals surface area contributed by atoms with Crippen LogP contribution in [0.2, 0.25) is 5.02 Å². The van der Waals surface area contributed by atoms with Crippen molar-refractivity contribution in [3.63, 3.8) is 0 Å². The molecule has 0 fully saturated rings. The van der Waals surface area contributed by atoms with Crippen LogP contribution in [0.3, 0.4) is 0 Å². The van der Waals surface area contributed by atoms with Gasteiger partial charge in [0.1, 0.15) is 11.6 Å². The van der Waals surface area contributed by atoms with Crippen LogP contribution < -0.4 is 10.5 Å². The van der Waals surface area contributed by atoms with E-state index < -0.39 is 5.97 Å². The van der Waals surface area contributed by atoms with Gasteiger partial charge in [0.2, 0.25) is 0 Å². The summed E-state index contributed by atoms with van der Waals surface area (Å²) < 4.78 is 12.1. The number of hydrogen-bond donors (Lipinski definition) is 1. The maximum Gasteiger partial charge on any atom is 0.352 e. The van der Waals surface area contributed by atoms with E-state index in [1.165, 1.54) is 7.11 Å². The number of thiazole rings is 1. The summed E-state index contributed by atoms with van der Waals surface area (Å²) >= 11 is 12.5. The van der Waals surface area contributed by atoms with Crippen molar-refractivity contribution in [2.45, 2.75) is 6.92 Å². The first-order valence-electron chi connectivity index (χ1n) is 6.02. The Hall–Kier alpha value is -1.57. The monoisotopic (exact) mass is 344 g/mol. The first-order valence-corrected chi connectivity index (χ1v) is 7.62. The molecule has 21 heavy (non-hydrogen) atoms. The Labute approximate surface area is 135 Å². The Bertz CT molecular complexity index is 740. The zero-order valence-electron chi connectivity index (χ0n) is 11.4. The maximum atomic E-state index is 11.8. The highest BCUT2D eigenvalue weighted by atomic mass is 35.5. The van der Waals surface area contributed by atoms with Crippen LogP contribution in [-0.2, 0) is 4.74 Å². The predicted octanol–water partition coefficient (Wildman–Crippen LogP) is 3.69. The number of anilines is 1. The molecule has 1 aromatic heterocycles. The summed E-state index contributed by atoms with van der Waals surface area (Å²) in [6, 6.07) is 5.15. The summed E-state index contributed by atoms with van der Waals surface area (Å²) in [4.78, 5) is 12.1. The molecule has 0 aliphatic rings. The highest BCUT2D eigenvalue weighted by Crippen LogP contribution is 2.31. The highest BCUT2D eigenvalue weighted by Gasteiger charge is 2.19. The SMILES string of the molecule is CCOC(=O)c1sc(=S)n(-c2ccc(OC)c(Cl)c2)c1N. The molecule has 0 amide bonds. The number of aromatic nitrogens is 1. The molecule has 112 valence electrons. The zero-order chi connectivity index (χ0) is 15.6. The number of benzene rings is 1. The number of ether oxygens (including phenoxy) is 2. The van der Waals surface area contributed by atoms with Crippen molar-refractivity contribution in [3.05, 3.63) is 32.1 Å². The number of carbonyl (C=O) groups excluding carboxylic acids is 1. The van der Waals surface area contributed by atoms with Gasteiger partial charge in [-0.05, 0) is 37.3 Å². The number of halogens is 1. The normalized spacial score (nSPS) is 10.4. The lowest BCUT2D eigenvalue weighted by molar-refractivity contribution is 0.0533. The first-order chi connectivity index (χ1) is 9.99. The fraction of sp³-hybridized carbons (Fsp3) is 0.231. The van der Waals surface area contributed by atoms with Crippen molar-refractivity contribution >= 4 is 46.9 Å². The maximum absolute atomic E-state index is 11.8. The van der Waals surface area contributed by atoms with Gasteiger partial charge < -0.3 is 15.2 Å². The number of nitrogens with zero attached hydrogens (tertiary/aromatic N) is 1. The lowest BCUT2D eigenvalue weighted by Gasteiger charge is -2.09. The van der Waals surface area contributed by atoms with E-state index in [1.807, 2.05) is 0 Å². The Balaban J connectivity index is 2.52. The van der Waals surface area contributed by atoms with E-state index in [9.17, 15) is 4.79 Å². The Morgan fingerprint density at radius 3 is 2.81 bits per heavy atom. The molecule has 0 radical (unpaired) electrons. The second-order valence-corrected chi connectivity index (χ2v) is 6.01. The molecule has 0 aliphatic heterocycles. The molecule has 0 aliphatic carbocycles. The second-order valence-electron chi connectivity index (χ2n) is 3.96. The second kappa shape index (κ2) is 6.46. The van der Waals surface area contributed by atoms with E-state index in [-0.39, 0.29) is 17.3 Å². The van der Waals surface area contributed by atoms with Crippen LogP contribution in [0, 0.1) is 3.95 Å². The molecule has 2 rings (SSSR count). The average Bonchev–Trinajstić information content (AvgIpc) is 2.74. The van der Waals surface area contributed by atoms with E-state index >= 15 is 0 Å². The number of esters is 1. The van der Waals surface area contributed by atoms with Gasteiger partial charge in [-0.25, -0.2) is 4.79 Å². The van der Waals surface area contributed by atoms with Gasteiger partial charge >= 0.3 is 5.97 Å². The average molecular weight is 345 g/mol. The molecule has 0 saturated heterocycles. The smallest absolute Gasteiger partial charge is 0.352 e. The Morgan fingerprint density at radius 1 is 1.52 bits per heavy atom. The highest BCUT2D eigenvalue weighted by molar-refractivity contribution is 7.73. The zero-order valence-corrected chi connectivity index (χ0v) is 13.8. The standard InChI is InChI=1S/C13H13ClN2O3S2/c1-3-19-12(17)10-11(15)16(13(20)21-10)7-4-5-9(18-2)8(14)6-7/h4-6H,3,15H2,1-2H3. The van der Waals surface area contributed by atoms with Crippen molar-refractivity contribution in [2.24, 2.45) is 0 Å². The molecule has 0 saturated carbocycles. The molecule has 2 aromatic rings. The minimum absolute atomic E-state index is 0.240. The van der Waals surface area contributed by atoms with Crippen LogP contribution in [-0.4, -0.2) is 24.3 Å². The van der Waals surface area contributed by atoms with E-state index in [4.69, 9.17) is 39.0 Å². The first kappa shape index (κ1) is 15.8. The van der Waals surface area contributed by atoms with Crippen molar-refractivity contribution in [3.8, 4) is 11.4 Å². The van der Waals surface area contributed by atoms with Crippen LogP contribution in [0.25, 0.3) is 5.69 Å². The van der Waals surface area contributed by atoms with Crippen molar-refractivity contribution in [1.29, 1.82) is 0 Å². The topological polar surface area (TPSA) is 66.5 Å². The van der Waals surface area contributed by atoms with Crippen molar-refractivity contribution in [1.82, 2.24) is 4.57 Å². The van der Waals surface area contributed by atoms with E-state index in [1.54, 1.807) is 29.7 Å². The minimum Gasteiger partial charge on any atom is -0.495 e. The molecule has 0 atom stereocenters. The fourth-order valence-electron chi connectivity index (χ4n) is 1.77. The third-order valence-electron chi connectivity index (χ3n) is 2.70. The van der Waals surface area contributed by atoms with Crippen LogP contribution in [0.1, 0.15) is 16.6 Å². The Kier molecular flexibility index (Phi) is 4.87. The molecule has 0 spiro atoms. The summed E-state index contributed by atoms with van der Waals surface area (Å²) in [5.41, 5.74) is 6.68. The third-order valence-corrected chi connectivity index (χ3v) is 4.36. The van der Waals surface area contributed by atoms with Gasteiger partial charge in [-0.3, -0.25) is 4.57 Å². The summed E-state index contributed by atoms with van der Waals surface area (Å²) in [7, 11) is 1.53. The summed E-state index contributed by atoms with van der Waals surface area (Å²) in [5, 5.41) is 0.431. The van der Waals surface area contributed by atoms with Gasteiger partial charge in [-0.2, -0.15) is 0 Å². The van der Waals surface area contributed by atoms with Crippen molar-refractivity contribution in [2.75, 3.05) is 19.5 Å². The van der Waals surface area contributed by atoms with E-state index in [0.29, 0.717) is 20.4 Å². The lowest BCUT2D eigenvalue weighted by atomic mass is 10.3. The van der Waals surface area contributed by atoms with E-state index in [2.05, 4.69) is 0 Å². The van der Waals surface area contributed by atoms with Crippen LogP contribution >= 0.6 is 35.2 Å². The van der Waals surface area contributed by atoms with E-state index in [0.717, 1.165) is 11.3 Å².